The topological polar surface area (TPSA) is 78.9 Å². The molecule has 0 rings (SSSR count). The van der Waals surface area contributed by atoms with E-state index in [0.29, 0.717) is 19.3 Å². The van der Waals surface area contributed by atoms with E-state index in [0.717, 1.165) is 69.6 Å². The van der Waals surface area contributed by atoms with E-state index in [1.165, 1.54) is 205 Å². The lowest BCUT2D eigenvalue weighted by atomic mass is 9.99. The second-order valence-electron chi connectivity index (χ2n) is 20.3. The first-order valence-electron chi connectivity index (χ1n) is 28.3. The van der Waals surface area contributed by atoms with E-state index >= 15 is 0 Å². The van der Waals surface area contributed by atoms with Crippen LogP contribution in [0.1, 0.15) is 317 Å². The van der Waals surface area contributed by atoms with Crippen molar-refractivity contribution in [2.24, 2.45) is 11.8 Å². The molecule has 0 N–H and O–H groups in total. The molecule has 0 spiro atoms. The smallest absolute Gasteiger partial charge is 0.306 e. The van der Waals surface area contributed by atoms with Crippen LogP contribution in [0.5, 0.6) is 0 Å². The lowest BCUT2D eigenvalue weighted by Gasteiger charge is -2.18. The Kier molecular flexibility index (Phi) is 48.6. The van der Waals surface area contributed by atoms with E-state index in [-0.39, 0.29) is 31.1 Å². The van der Waals surface area contributed by atoms with Gasteiger partial charge in [-0.2, -0.15) is 0 Å². The molecule has 0 saturated carbocycles. The zero-order chi connectivity index (χ0) is 46.1. The summed E-state index contributed by atoms with van der Waals surface area (Å²) < 4.78 is 16.9. The van der Waals surface area contributed by atoms with Gasteiger partial charge in [0.1, 0.15) is 13.2 Å². The highest BCUT2D eigenvalue weighted by Gasteiger charge is 2.19. The second-order valence-corrected chi connectivity index (χ2v) is 20.3. The van der Waals surface area contributed by atoms with Crippen LogP contribution in [0.25, 0.3) is 0 Å². The molecule has 0 aromatic rings. The van der Waals surface area contributed by atoms with Gasteiger partial charge < -0.3 is 14.2 Å². The average Bonchev–Trinajstić information content (AvgIpc) is 3.27. The van der Waals surface area contributed by atoms with Crippen molar-refractivity contribution in [3.63, 3.8) is 0 Å². The molecule has 0 aliphatic heterocycles. The Morgan fingerprint density at radius 3 is 0.905 bits per heavy atom. The standard InChI is InChI=1S/C57H110O6/c1-6-8-9-10-11-12-13-16-23-29-34-39-44-49-57(60)63-54(51-62-56(59)48-43-38-33-28-24-19-20-25-30-35-40-45-52(3)4)50-61-55(58)47-42-37-32-27-22-18-15-14-17-21-26-31-36-41-46-53(5)7-2/h52-54H,6-51H2,1-5H3/t53?,54-/m0/s1. The first-order chi connectivity index (χ1) is 30.8. The van der Waals surface area contributed by atoms with Gasteiger partial charge in [0.15, 0.2) is 6.10 Å². The molecule has 6 heteroatoms. The third-order valence-corrected chi connectivity index (χ3v) is 13.3. The fourth-order valence-corrected chi connectivity index (χ4v) is 8.66. The maximum Gasteiger partial charge on any atom is 0.306 e. The van der Waals surface area contributed by atoms with E-state index in [2.05, 4.69) is 34.6 Å². The number of esters is 3. The van der Waals surface area contributed by atoms with Crippen LogP contribution in [0.2, 0.25) is 0 Å². The van der Waals surface area contributed by atoms with Crippen molar-refractivity contribution >= 4 is 17.9 Å². The van der Waals surface area contributed by atoms with Crippen molar-refractivity contribution in [1.82, 2.24) is 0 Å². The van der Waals surface area contributed by atoms with E-state index in [1.54, 1.807) is 0 Å². The molecule has 0 aliphatic carbocycles. The van der Waals surface area contributed by atoms with Crippen LogP contribution in [0, 0.1) is 11.8 Å². The molecule has 0 aromatic heterocycles. The number of rotatable bonds is 51. The number of hydrogen-bond donors (Lipinski definition) is 0. The number of ether oxygens (including phenoxy) is 3. The molecule has 0 saturated heterocycles. The van der Waals surface area contributed by atoms with Gasteiger partial charge in [-0.05, 0) is 31.1 Å². The molecule has 0 heterocycles. The Balaban J connectivity index is 4.29. The van der Waals surface area contributed by atoms with Gasteiger partial charge in [0.05, 0.1) is 0 Å². The number of unbranched alkanes of at least 4 members (excludes halogenated alkanes) is 35. The molecule has 0 fully saturated rings. The van der Waals surface area contributed by atoms with Crippen molar-refractivity contribution in [1.29, 1.82) is 0 Å². The predicted octanol–water partition coefficient (Wildman–Crippen LogP) is 18.5. The van der Waals surface area contributed by atoms with Crippen LogP contribution < -0.4 is 0 Å². The van der Waals surface area contributed by atoms with Gasteiger partial charge >= 0.3 is 17.9 Å². The normalized spacial score (nSPS) is 12.5. The number of carbonyl (C=O) groups excluding carboxylic acids is 3. The first kappa shape index (κ1) is 61.4. The highest BCUT2D eigenvalue weighted by Crippen LogP contribution is 2.18. The van der Waals surface area contributed by atoms with Crippen LogP contribution in [0.4, 0.5) is 0 Å². The summed E-state index contributed by atoms with van der Waals surface area (Å²) in [6, 6.07) is 0. The van der Waals surface area contributed by atoms with Gasteiger partial charge in [0.2, 0.25) is 0 Å². The molecule has 0 aromatic carbocycles. The van der Waals surface area contributed by atoms with Crippen LogP contribution >= 0.6 is 0 Å². The van der Waals surface area contributed by atoms with Crippen molar-refractivity contribution in [3.05, 3.63) is 0 Å². The Hall–Kier alpha value is -1.59. The van der Waals surface area contributed by atoms with Gasteiger partial charge in [-0.25, -0.2) is 0 Å². The number of carbonyl (C=O) groups is 3. The zero-order valence-electron chi connectivity index (χ0n) is 43.2. The summed E-state index contributed by atoms with van der Waals surface area (Å²) >= 11 is 0. The highest BCUT2D eigenvalue weighted by atomic mass is 16.6. The lowest BCUT2D eigenvalue weighted by Crippen LogP contribution is -2.30. The minimum absolute atomic E-state index is 0.0629. The highest BCUT2D eigenvalue weighted by molar-refractivity contribution is 5.71. The third-order valence-electron chi connectivity index (χ3n) is 13.3. The summed E-state index contributed by atoms with van der Waals surface area (Å²) in [5, 5.41) is 0. The summed E-state index contributed by atoms with van der Waals surface area (Å²) in [4.78, 5) is 38.1. The zero-order valence-corrected chi connectivity index (χ0v) is 43.2. The van der Waals surface area contributed by atoms with Crippen molar-refractivity contribution in [2.45, 2.75) is 323 Å². The summed E-state index contributed by atoms with van der Waals surface area (Å²) in [7, 11) is 0. The number of hydrogen-bond acceptors (Lipinski definition) is 6. The monoisotopic (exact) mass is 891 g/mol. The second kappa shape index (κ2) is 49.8. The van der Waals surface area contributed by atoms with Gasteiger partial charge in [0.25, 0.3) is 0 Å². The quantitative estimate of drug-likeness (QED) is 0.0344. The van der Waals surface area contributed by atoms with Gasteiger partial charge in [0, 0.05) is 19.3 Å². The first-order valence-corrected chi connectivity index (χ1v) is 28.3. The Morgan fingerprint density at radius 2 is 0.603 bits per heavy atom. The van der Waals surface area contributed by atoms with Crippen LogP contribution in [-0.2, 0) is 28.6 Å². The third kappa shape index (κ3) is 49.7. The molecule has 0 bridgehead atoms. The average molecular weight is 892 g/mol. The molecular formula is C57H110O6. The summed E-state index contributed by atoms with van der Waals surface area (Å²) in [6.45, 7) is 11.4. The molecular weight excluding hydrogens is 781 g/mol. The van der Waals surface area contributed by atoms with Gasteiger partial charge in [-0.3, -0.25) is 14.4 Å². The minimum atomic E-state index is -0.762. The molecule has 374 valence electrons. The van der Waals surface area contributed by atoms with Crippen molar-refractivity contribution in [3.8, 4) is 0 Å². The van der Waals surface area contributed by atoms with Crippen LogP contribution in [0.3, 0.4) is 0 Å². The fraction of sp³-hybridized carbons (Fsp3) is 0.947. The summed E-state index contributed by atoms with van der Waals surface area (Å²) in [5.41, 5.74) is 0. The largest absolute Gasteiger partial charge is 0.462 e. The van der Waals surface area contributed by atoms with Crippen LogP contribution in [0.15, 0.2) is 0 Å². The van der Waals surface area contributed by atoms with E-state index < -0.39 is 6.10 Å². The van der Waals surface area contributed by atoms with E-state index in [1.807, 2.05) is 0 Å². The molecule has 0 aliphatic rings. The molecule has 2 atom stereocenters. The molecule has 63 heavy (non-hydrogen) atoms. The SMILES string of the molecule is CCCCCCCCCCCCCCCC(=O)O[C@@H](COC(=O)CCCCCCCCCCCCCCCCC(C)CC)COC(=O)CCCCCCCCCCCCCC(C)C. The maximum absolute atomic E-state index is 12.8. The Morgan fingerprint density at radius 1 is 0.333 bits per heavy atom. The fourth-order valence-electron chi connectivity index (χ4n) is 8.66. The lowest BCUT2D eigenvalue weighted by molar-refractivity contribution is -0.167. The predicted molar refractivity (Wildman–Crippen MR) is 270 cm³/mol. The van der Waals surface area contributed by atoms with E-state index in [4.69, 9.17) is 14.2 Å². The summed E-state index contributed by atoms with van der Waals surface area (Å²) in [5.74, 6) is 0.881. The van der Waals surface area contributed by atoms with Crippen LogP contribution in [-0.4, -0.2) is 37.2 Å². The van der Waals surface area contributed by atoms with E-state index in [9.17, 15) is 14.4 Å². The van der Waals surface area contributed by atoms with Gasteiger partial charge in [-0.1, -0.05) is 279 Å². The Labute approximate surface area is 393 Å². The summed E-state index contributed by atoms with van der Waals surface area (Å²) in [6.07, 6.45) is 52.2. The molecule has 0 radical (unpaired) electrons. The molecule has 0 amide bonds. The maximum atomic E-state index is 12.8. The van der Waals surface area contributed by atoms with Crippen molar-refractivity contribution in [2.75, 3.05) is 13.2 Å². The molecule has 1 unspecified atom stereocenters. The van der Waals surface area contributed by atoms with Crippen molar-refractivity contribution < 1.29 is 28.6 Å². The van der Waals surface area contributed by atoms with Gasteiger partial charge in [-0.15, -0.1) is 0 Å². The Bertz CT molecular complexity index is 964. The minimum Gasteiger partial charge on any atom is -0.462 e. The molecule has 6 nitrogen and oxygen atoms in total.